The minimum absolute atomic E-state index is 0.0306. The van der Waals surface area contributed by atoms with Gasteiger partial charge >= 0.3 is 0 Å². The van der Waals surface area contributed by atoms with Crippen LogP contribution in [0.3, 0.4) is 0 Å². The van der Waals surface area contributed by atoms with Gasteiger partial charge in [0.2, 0.25) is 0 Å². The number of hydrogen-bond donors (Lipinski definition) is 0. The van der Waals surface area contributed by atoms with Gasteiger partial charge in [-0.1, -0.05) is 35.4 Å². The third-order valence-electron chi connectivity index (χ3n) is 4.23. The Kier molecular flexibility index (Phi) is 7.31. The van der Waals surface area contributed by atoms with E-state index in [0.29, 0.717) is 52.7 Å². The summed E-state index contributed by atoms with van der Waals surface area (Å²) in [6, 6.07) is 10.6. The van der Waals surface area contributed by atoms with E-state index in [0.717, 1.165) is 0 Å². The van der Waals surface area contributed by atoms with E-state index in [1.54, 1.807) is 44.6 Å². The first-order chi connectivity index (χ1) is 13.6. The number of hydrogen-bond acceptors (Lipinski definition) is 5. The molecule has 0 fully saturated rings. The van der Waals surface area contributed by atoms with Crippen LogP contribution in [0.5, 0.6) is 23.0 Å². The Balaban J connectivity index is 1.40. The molecule has 3 rings (SSSR count). The standard InChI is InChI=1S/C21H22Cl2O5/c1-24-15-5-7-20(18(22)11-15)26-10-9-14-3-4-17(28-14)13-27-21-8-6-16(25-2)12-19(21)23/h3-8,11-12,14,17H,9-10,13H2,1-2H3/t14-,17-/m0/s1. The second-order valence-electron chi connectivity index (χ2n) is 6.14. The average molecular weight is 425 g/mol. The van der Waals surface area contributed by atoms with Crippen molar-refractivity contribution in [2.75, 3.05) is 27.4 Å². The minimum atomic E-state index is -0.132. The highest BCUT2D eigenvalue weighted by Gasteiger charge is 2.20. The monoisotopic (exact) mass is 424 g/mol. The largest absolute Gasteiger partial charge is 0.497 e. The summed E-state index contributed by atoms with van der Waals surface area (Å²) >= 11 is 12.4. The molecule has 7 heteroatoms. The highest BCUT2D eigenvalue weighted by atomic mass is 35.5. The molecule has 0 aliphatic carbocycles. The summed E-state index contributed by atoms with van der Waals surface area (Å²) in [5.74, 6) is 2.60. The first-order valence-corrected chi connectivity index (χ1v) is 9.61. The molecule has 0 aromatic heterocycles. The van der Waals surface area contributed by atoms with Gasteiger partial charge in [0.15, 0.2) is 0 Å². The number of halogens is 2. The fraction of sp³-hybridized carbons (Fsp3) is 0.333. The van der Waals surface area contributed by atoms with Gasteiger partial charge in [-0.15, -0.1) is 0 Å². The molecule has 2 aromatic rings. The van der Waals surface area contributed by atoms with Crippen molar-refractivity contribution >= 4 is 23.2 Å². The maximum atomic E-state index is 6.18. The van der Waals surface area contributed by atoms with E-state index < -0.39 is 0 Å². The molecule has 150 valence electrons. The van der Waals surface area contributed by atoms with Gasteiger partial charge in [-0.3, -0.25) is 0 Å². The second-order valence-corrected chi connectivity index (χ2v) is 6.95. The van der Waals surface area contributed by atoms with Crippen molar-refractivity contribution in [3.8, 4) is 23.0 Å². The van der Waals surface area contributed by atoms with Crippen LogP contribution in [-0.2, 0) is 4.74 Å². The maximum absolute atomic E-state index is 6.18. The molecule has 28 heavy (non-hydrogen) atoms. The van der Waals surface area contributed by atoms with E-state index in [9.17, 15) is 0 Å². The quantitative estimate of drug-likeness (QED) is 0.518. The summed E-state index contributed by atoms with van der Waals surface area (Å²) in [5, 5.41) is 1.02. The zero-order chi connectivity index (χ0) is 19.9. The first kappa shape index (κ1) is 20.6. The van der Waals surface area contributed by atoms with Crippen molar-refractivity contribution in [2.24, 2.45) is 0 Å². The van der Waals surface area contributed by atoms with E-state index >= 15 is 0 Å². The van der Waals surface area contributed by atoms with Crippen LogP contribution in [0.4, 0.5) is 0 Å². The molecule has 2 aromatic carbocycles. The molecule has 1 heterocycles. The SMILES string of the molecule is COc1ccc(OCC[C@@H]2C=C[C@@H](COc3ccc(OC)cc3Cl)O2)c(Cl)c1. The van der Waals surface area contributed by atoms with Crippen LogP contribution >= 0.6 is 23.2 Å². The highest BCUT2D eigenvalue weighted by Crippen LogP contribution is 2.30. The van der Waals surface area contributed by atoms with E-state index in [4.69, 9.17) is 46.9 Å². The molecule has 0 N–H and O–H groups in total. The van der Waals surface area contributed by atoms with E-state index in [-0.39, 0.29) is 12.2 Å². The molecule has 0 saturated heterocycles. The lowest BCUT2D eigenvalue weighted by atomic mass is 10.2. The van der Waals surface area contributed by atoms with Gasteiger partial charge in [0.1, 0.15) is 35.7 Å². The summed E-state index contributed by atoms with van der Waals surface area (Å²) in [5.41, 5.74) is 0. The fourth-order valence-corrected chi connectivity index (χ4v) is 3.18. The predicted octanol–water partition coefficient (Wildman–Crippen LogP) is 5.18. The molecule has 1 aliphatic rings. The van der Waals surface area contributed by atoms with Crippen LogP contribution in [0.15, 0.2) is 48.6 Å². The Morgan fingerprint density at radius 2 is 1.39 bits per heavy atom. The van der Waals surface area contributed by atoms with Crippen LogP contribution in [0.2, 0.25) is 10.0 Å². The molecule has 0 spiro atoms. The zero-order valence-electron chi connectivity index (χ0n) is 15.7. The topological polar surface area (TPSA) is 46.2 Å². The Morgan fingerprint density at radius 1 is 0.821 bits per heavy atom. The summed E-state index contributed by atoms with van der Waals surface area (Å²) in [7, 11) is 3.19. The fourth-order valence-electron chi connectivity index (χ4n) is 2.73. The molecule has 2 atom stereocenters. The zero-order valence-corrected chi connectivity index (χ0v) is 17.2. The van der Waals surface area contributed by atoms with Crippen LogP contribution in [0.25, 0.3) is 0 Å². The van der Waals surface area contributed by atoms with Gasteiger partial charge < -0.3 is 23.7 Å². The summed E-state index contributed by atoms with van der Waals surface area (Å²) in [6.07, 6.45) is 4.55. The second kappa shape index (κ2) is 9.92. The van der Waals surface area contributed by atoms with Crippen LogP contribution < -0.4 is 18.9 Å². The van der Waals surface area contributed by atoms with E-state index in [1.807, 2.05) is 18.2 Å². The third-order valence-corrected chi connectivity index (χ3v) is 4.82. The van der Waals surface area contributed by atoms with Crippen molar-refractivity contribution in [3.63, 3.8) is 0 Å². The average Bonchev–Trinajstić information content (AvgIpc) is 3.15. The Bertz CT molecular complexity index is 824. The van der Waals surface area contributed by atoms with Crippen molar-refractivity contribution in [1.82, 2.24) is 0 Å². The summed E-state index contributed by atoms with van der Waals surface area (Å²) < 4.78 is 27.7. The molecular formula is C21H22Cl2O5. The molecule has 0 amide bonds. The number of benzene rings is 2. The lowest BCUT2D eigenvalue weighted by Crippen LogP contribution is -2.21. The molecule has 0 saturated carbocycles. The maximum Gasteiger partial charge on any atom is 0.138 e. The van der Waals surface area contributed by atoms with Gasteiger partial charge in [-0.25, -0.2) is 0 Å². The van der Waals surface area contributed by atoms with Gasteiger partial charge in [0.25, 0.3) is 0 Å². The minimum Gasteiger partial charge on any atom is -0.497 e. The van der Waals surface area contributed by atoms with Crippen LogP contribution in [0, 0.1) is 0 Å². The van der Waals surface area contributed by atoms with Crippen molar-refractivity contribution in [2.45, 2.75) is 18.6 Å². The smallest absolute Gasteiger partial charge is 0.138 e. The van der Waals surface area contributed by atoms with Crippen molar-refractivity contribution < 1.29 is 23.7 Å². The first-order valence-electron chi connectivity index (χ1n) is 8.85. The molecule has 0 unspecified atom stereocenters. The van der Waals surface area contributed by atoms with Crippen molar-refractivity contribution in [3.05, 3.63) is 58.6 Å². The molecule has 1 aliphatic heterocycles. The predicted molar refractivity (Wildman–Crippen MR) is 109 cm³/mol. The van der Waals surface area contributed by atoms with Crippen LogP contribution in [-0.4, -0.2) is 39.6 Å². The third kappa shape index (κ3) is 5.47. The van der Waals surface area contributed by atoms with E-state index in [2.05, 4.69) is 0 Å². The normalized spacial score (nSPS) is 18.1. The van der Waals surface area contributed by atoms with Crippen molar-refractivity contribution in [1.29, 1.82) is 0 Å². The lowest BCUT2D eigenvalue weighted by Gasteiger charge is -2.16. The number of ether oxygens (including phenoxy) is 5. The Labute approximate surface area is 174 Å². The molecule has 5 nitrogen and oxygen atoms in total. The van der Waals surface area contributed by atoms with Gasteiger partial charge in [0.05, 0.1) is 37.0 Å². The number of rotatable bonds is 9. The molecule has 0 bridgehead atoms. The van der Waals surface area contributed by atoms with Gasteiger partial charge in [-0.2, -0.15) is 0 Å². The van der Waals surface area contributed by atoms with Gasteiger partial charge in [0, 0.05) is 18.6 Å². The number of methoxy groups -OCH3 is 2. The summed E-state index contributed by atoms with van der Waals surface area (Å²) in [6.45, 7) is 0.864. The van der Waals surface area contributed by atoms with Gasteiger partial charge in [-0.05, 0) is 24.3 Å². The molecule has 0 radical (unpaired) electrons. The Hall–Kier alpha value is -2.08. The van der Waals surface area contributed by atoms with E-state index in [1.165, 1.54) is 0 Å². The Morgan fingerprint density at radius 3 is 1.96 bits per heavy atom. The lowest BCUT2D eigenvalue weighted by molar-refractivity contribution is 0.0229. The summed E-state index contributed by atoms with van der Waals surface area (Å²) in [4.78, 5) is 0. The molecular weight excluding hydrogens is 403 g/mol. The van der Waals surface area contributed by atoms with Crippen LogP contribution in [0.1, 0.15) is 6.42 Å². The highest BCUT2D eigenvalue weighted by molar-refractivity contribution is 6.32.